The van der Waals surface area contributed by atoms with Crippen molar-refractivity contribution in [3.8, 4) is 0 Å². The summed E-state index contributed by atoms with van der Waals surface area (Å²) in [6.07, 6.45) is 1.86. The zero-order valence-corrected chi connectivity index (χ0v) is 9.46. The summed E-state index contributed by atoms with van der Waals surface area (Å²) < 4.78 is 26.7. The summed E-state index contributed by atoms with van der Waals surface area (Å²) in [4.78, 5) is 10.9. The summed E-state index contributed by atoms with van der Waals surface area (Å²) in [6, 6.07) is -0.914. The van der Waals surface area contributed by atoms with Crippen molar-refractivity contribution in [1.82, 2.24) is 9.03 Å². The molecule has 0 bridgehead atoms. The molecule has 1 rings (SSSR count). The van der Waals surface area contributed by atoms with Gasteiger partial charge < -0.3 is 5.11 Å². The van der Waals surface area contributed by atoms with E-state index in [1.807, 2.05) is 0 Å². The van der Waals surface area contributed by atoms with Gasteiger partial charge in [0.05, 0.1) is 0 Å². The number of aliphatic carboxylic acids is 1. The second-order valence-corrected chi connectivity index (χ2v) is 5.17. The Morgan fingerprint density at radius 2 is 2.20 bits per heavy atom. The Hall–Kier alpha value is -0.660. The minimum Gasteiger partial charge on any atom is -0.480 e. The third kappa shape index (κ3) is 2.90. The summed E-state index contributed by atoms with van der Waals surface area (Å²) >= 11 is 0. The molecule has 0 radical (unpaired) electrons. The van der Waals surface area contributed by atoms with Crippen molar-refractivity contribution in [1.29, 1.82) is 0 Å². The molecule has 0 spiro atoms. The van der Waals surface area contributed by atoms with E-state index < -0.39 is 22.2 Å². The average Bonchev–Trinajstić information content (AvgIpc) is 2.17. The maximum absolute atomic E-state index is 11.7. The molecule has 0 saturated carbocycles. The van der Waals surface area contributed by atoms with Crippen LogP contribution in [0.15, 0.2) is 0 Å². The van der Waals surface area contributed by atoms with E-state index in [0.29, 0.717) is 12.8 Å². The summed E-state index contributed by atoms with van der Waals surface area (Å²) in [7, 11) is -3.63. The molecule has 7 heteroatoms. The summed E-state index contributed by atoms with van der Waals surface area (Å²) in [5.74, 6) is -1.07. The molecule has 0 aromatic carbocycles. The number of nitrogens with zero attached hydrogens (tertiary/aromatic N) is 1. The van der Waals surface area contributed by atoms with Crippen LogP contribution in [-0.2, 0) is 15.0 Å². The van der Waals surface area contributed by atoms with Gasteiger partial charge in [-0.2, -0.15) is 12.7 Å². The van der Waals surface area contributed by atoms with Gasteiger partial charge in [-0.3, -0.25) is 4.79 Å². The molecule has 1 heterocycles. The van der Waals surface area contributed by atoms with Crippen LogP contribution in [0.25, 0.3) is 0 Å². The lowest BCUT2D eigenvalue weighted by molar-refractivity contribution is -0.142. The van der Waals surface area contributed by atoms with Gasteiger partial charge in [0.2, 0.25) is 0 Å². The van der Waals surface area contributed by atoms with Gasteiger partial charge in [0.1, 0.15) is 6.04 Å². The lowest BCUT2D eigenvalue weighted by atomic mass is 10.1. The highest BCUT2D eigenvalue weighted by atomic mass is 32.2. The van der Waals surface area contributed by atoms with Crippen molar-refractivity contribution in [3.63, 3.8) is 0 Å². The average molecular weight is 236 g/mol. The summed E-state index contributed by atoms with van der Waals surface area (Å²) in [6.45, 7) is 2.22. The van der Waals surface area contributed by atoms with Crippen LogP contribution in [0.2, 0.25) is 0 Å². The molecule has 2 N–H and O–H groups in total. The summed E-state index contributed by atoms with van der Waals surface area (Å²) in [5, 5.41) is 8.91. The predicted octanol–water partition coefficient (Wildman–Crippen LogP) is -0.220. The molecule has 15 heavy (non-hydrogen) atoms. The highest BCUT2D eigenvalue weighted by Crippen LogP contribution is 2.19. The normalized spacial score (nSPS) is 23.9. The number of carboxylic acid groups (broad SMARTS) is 1. The Balaban J connectivity index is 2.85. The molecule has 88 valence electrons. The topological polar surface area (TPSA) is 86.7 Å². The Morgan fingerprint density at radius 1 is 1.53 bits per heavy atom. The molecular formula is C8H16N2O4S. The first-order chi connectivity index (χ1) is 6.99. The first kappa shape index (κ1) is 12.4. The van der Waals surface area contributed by atoms with E-state index in [1.54, 1.807) is 6.92 Å². The zero-order chi connectivity index (χ0) is 11.5. The van der Waals surface area contributed by atoms with Crippen molar-refractivity contribution in [2.24, 2.45) is 0 Å². The molecule has 0 aromatic rings. The van der Waals surface area contributed by atoms with E-state index in [0.717, 1.165) is 10.7 Å². The highest BCUT2D eigenvalue weighted by Gasteiger charge is 2.36. The Labute approximate surface area is 89.4 Å². The molecular weight excluding hydrogens is 220 g/mol. The second kappa shape index (κ2) is 4.91. The number of nitrogens with one attached hydrogen (secondary N) is 1. The van der Waals surface area contributed by atoms with Gasteiger partial charge in [0.25, 0.3) is 10.2 Å². The number of carbonyl (C=O) groups is 1. The van der Waals surface area contributed by atoms with Crippen molar-refractivity contribution >= 4 is 16.2 Å². The Bertz CT molecular complexity index is 328. The third-order valence-corrected chi connectivity index (χ3v) is 4.08. The molecule has 1 aliphatic rings. The van der Waals surface area contributed by atoms with Gasteiger partial charge in [-0.15, -0.1) is 0 Å². The molecule has 6 nitrogen and oxygen atoms in total. The summed E-state index contributed by atoms with van der Waals surface area (Å²) in [5.41, 5.74) is 0. The number of piperidine rings is 1. The first-order valence-electron chi connectivity index (χ1n) is 4.98. The molecule has 1 fully saturated rings. The van der Waals surface area contributed by atoms with E-state index in [1.165, 1.54) is 0 Å². The predicted molar refractivity (Wildman–Crippen MR) is 54.6 cm³/mol. The number of carboxylic acids is 1. The van der Waals surface area contributed by atoms with Gasteiger partial charge in [-0.05, 0) is 19.3 Å². The number of rotatable bonds is 4. The molecule has 0 amide bonds. The lowest BCUT2D eigenvalue weighted by Crippen LogP contribution is -2.52. The Kier molecular flexibility index (Phi) is 4.06. The molecule has 1 saturated heterocycles. The van der Waals surface area contributed by atoms with Crippen LogP contribution in [-0.4, -0.2) is 42.9 Å². The number of hydrogen-bond donors (Lipinski definition) is 2. The van der Waals surface area contributed by atoms with E-state index in [-0.39, 0.29) is 13.1 Å². The van der Waals surface area contributed by atoms with Crippen LogP contribution in [0.3, 0.4) is 0 Å². The zero-order valence-electron chi connectivity index (χ0n) is 8.64. The van der Waals surface area contributed by atoms with Crippen molar-refractivity contribution in [2.45, 2.75) is 32.2 Å². The van der Waals surface area contributed by atoms with Gasteiger partial charge >= 0.3 is 5.97 Å². The SMILES string of the molecule is CCNS(=O)(=O)N1CCCC[C@@H]1C(=O)O. The van der Waals surface area contributed by atoms with Crippen molar-refractivity contribution < 1.29 is 18.3 Å². The van der Waals surface area contributed by atoms with Crippen LogP contribution in [0.4, 0.5) is 0 Å². The van der Waals surface area contributed by atoms with E-state index >= 15 is 0 Å². The van der Waals surface area contributed by atoms with Crippen molar-refractivity contribution in [3.05, 3.63) is 0 Å². The van der Waals surface area contributed by atoms with Crippen LogP contribution >= 0.6 is 0 Å². The molecule has 0 unspecified atom stereocenters. The van der Waals surface area contributed by atoms with E-state index in [9.17, 15) is 13.2 Å². The van der Waals surface area contributed by atoms with Gasteiger partial charge in [-0.1, -0.05) is 6.92 Å². The second-order valence-electron chi connectivity index (χ2n) is 3.46. The highest BCUT2D eigenvalue weighted by molar-refractivity contribution is 7.87. The minimum absolute atomic E-state index is 0.269. The third-order valence-electron chi connectivity index (χ3n) is 2.37. The van der Waals surface area contributed by atoms with Crippen molar-refractivity contribution in [2.75, 3.05) is 13.1 Å². The first-order valence-corrected chi connectivity index (χ1v) is 6.42. The molecule has 0 aliphatic carbocycles. The molecule has 0 aromatic heterocycles. The van der Waals surface area contributed by atoms with E-state index in [2.05, 4.69) is 4.72 Å². The fourth-order valence-electron chi connectivity index (χ4n) is 1.70. The smallest absolute Gasteiger partial charge is 0.322 e. The fourth-order valence-corrected chi connectivity index (χ4v) is 3.14. The standard InChI is InChI=1S/C8H16N2O4S/c1-2-9-15(13,14)10-6-4-3-5-7(10)8(11)12/h7,9H,2-6H2,1H3,(H,11,12)/t7-/m1/s1. The van der Waals surface area contributed by atoms with Crippen LogP contribution < -0.4 is 4.72 Å². The fraction of sp³-hybridized carbons (Fsp3) is 0.875. The molecule has 1 atom stereocenters. The largest absolute Gasteiger partial charge is 0.480 e. The monoisotopic (exact) mass is 236 g/mol. The maximum atomic E-state index is 11.7. The van der Waals surface area contributed by atoms with Crippen LogP contribution in [0.5, 0.6) is 0 Å². The maximum Gasteiger partial charge on any atom is 0.322 e. The quantitative estimate of drug-likeness (QED) is 0.706. The number of hydrogen-bond acceptors (Lipinski definition) is 3. The Morgan fingerprint density at radius 3 is 2.73 bits per heavy atom. The van der Waals surface area contributed by atoms with Crippen LogP contribution in [0, 0.1) is 0 Å². The van der Waals surface area contributed by atoms with Gasteiger partial charge in [-0.25, -0.2) is 4.72 Å². The minimum atomic E-state index is -3.63. The van der Waals surface area contributed by atoms with Crippen LogP contribution in [0.1, 0.15) is 26.2 Å². The molecule has 1 aliphatic heterocycles. The lowest BCUT2D eigenvalue weighted by Gasteiger charge is -2.31. The van der Waals surface area contributed by atoms with Gasteiger partial charge in [0.15, 0.2) is 0 Å². The van der Waals surface area contributed by atoms with Gasteiger partial charge in [0, 0.05) is 13.1 Å². The van der Waals surface area contributed by atoms with E-state index in [4.69, 9.17) is 5.11 Å².